The Morgan fingerprint density at radius 2 is 1.95 bits per heavy atom. The van der Waals surface area contributed by atoms with Gasteiger partial charge < -0.3 is 20.8 Å². The third-order valence-corrected chi connectivity index (χ3v) is 3.89. The van der Waals surface area contributed by atoms with Crippen LogP contribution in [-0.4, -0.2) is 52.4 Å². The first-order valence-electron chi connectivity index (χ1n) is 6.49. The van der Waals surface area contributed by atoms with Crippen molar-refractivity contribution in [1.82, 2.24) is 10.6 Å². The van der Waals surface area contributed by atoms with E-state index >= 15 is 0 Å². The van der Waals surface area contributed by atoms with Gasteiger partial charge in [0.05, 0.1) is 6.10 Å². The van der Waals surface area contributed by atoms with E-state index in [4.69, 9.17) is 5.11 Å². The van der Waals surface area contributed by atoms with Crippen molar-refractivity contribution in [3.8, 4) is 0 Å². The third kappa shape index (κ3) is 6.15. The lowest BCUT2D eigenvalue weighted by Gasteiger charge is -2.26. The summed E-state index contributed by atoms with van der Waals surface area (Å²) in [5.41, 5.74) is 0. The smallest absolute Gasteiger partial charge is 0.326 e. The number of carbonyl (C=O) groups excluding carboxylic acids is 1. The van der Waals surface area contributed by atoms with Gasteiger partial charge in [-0.3, -0.25) is 0 Å². The molecule has 19 heavy (non-hydrogen) atoms. The van der Waals surface area contributed by atoms with Crippen LogP contribution in [-0.2, 0) is 4.79 Å². The molecule has 1 aliphatic rings. The van der Waals surface area contributed by atoms with Crippen molar-refractivity contribution in [2.75, 3.05) is 12.0 Å². The van der Waals surface area contributed by atoms with Gasteiger partial charge >= 0.3 is 12.0 Å². The van der Waals surface area contributed by atoms with Gasteiger partial charge in [0.2, 0.25) is 0 Å². The number of carboxylic acid groups (broad SMARTS) is 1. The molecular weight excluding hydrogens is 268 g/mol. The van der Waals surface area contributed by atoms with Crippen LogP contribution in [0.2, 0.25) is 0 Å². The molecule has 0 spiro atoms. The van der Waals surface area contributed by atoms with Crippen molar-refractivity contribution < 1.29 is 19.8 Å². The highest BCUT2D eigenvalue weighted by Gasteiger charge is 2.23. The highest BCUT2D eigenvalue weighted by molar-refractivity contribution is 7.98. The number of aliphatic carboxylic acids is 1. The van der Waals surface area contributed by atoms with Crippen LogP contribution in [0.1, 0.15) is 32.1 Å². The predicted octanol–water partition coefficient (Wildman–Crippen LogP) is 0.795. The normalized spacial score (nSPS) is 24.5. The maximum atomic E-state index is 11.7. The maximum absolute atomic E-state index is 11.7. The highest BCUT2D eigenvalue weighted by atomic mass is 32.2. The SMILES string of the molecule is CSCC[C@H](NC(=O)NC1CCC(O)CC1)C(=O)O. The summed E-state index contributed by atoms with van der Waals surface area (Å²) in [5, 5.41) is 23.6. The molecule has 0 saturated heterocycles. The van der Waals surface area contributed by atoms with E-state index in [2.05, 4.69) is 10.6 Å². The van der Waals surface area contributed by atoms with Gasteiger partial charge in [0.25, 0.3) is 0 Å². The van der Waals surface area contributed by atoms with Gasteiger partial charge in [0.15, 0.2) is 0 Å². The van der Waals surface area contributed by atoms with E-state index in [-0.39, 0.29) is 12.1 Å². The molecule has 0 aromatic rings. The molecule has 0 unspecified atom stereocenters. The molecule has 6 nitrogen and oxygen atoms in total. The molecule has 1 atom stereocenters. The summed E-state index contributed by atoms with van der Waals surface area (Å²) in [7, 11) is 0. The van der Waals surface area contributed by atoms with E-state index in [1.165, 1.54) is 0 Å². The van der Waals surface area contributed by atoms with E-state index in [1.54, 1.807) is 11.8 Å². The standard InChI is InChI=1S/C12H22N2O4S/c1-19-7-6-10(11(16)17)14-12(18)13-8-2-4-9(15)5-3-8/h8-10,15H,2-7H2,1H3,(H,16,17)(H2,13,14,18)/t8?,9?,10-/m0/s1. The lowest BCUT2D eigenvalue weighted by atomic mass is 9.93. The number of nitrogens with one attached hydrogen (secondary N) is 2. The average Bonchev–Trinajstić information content (AvgIpc) is 2.37. The van der Waals surface area contributed by atoms with E-state index in [9.17, 15) is 14.7 Å². The molecule has 1 fully saturated rings. The number of aliphatic hydroxyl groups excluding tert-OH is 1. The zero-order valence-corrected chi connectivity index (χ0v) is 11.9. The number of aliphatic hydroxyl groups is 1. The van der Waals surface area contributed by atoms with E-state index in [0.29, 0.717) is 25.0 Å². The summed E-state index contributed by atoms with van der Waals surface area (Å²) in [6.45, 7) is 0. The fourth-order valence-corrected chi connectivity index (χ4v) is 2.57. The second kappa shape index (κ2) is 8.27. The second-order valence-electron chi connectivity index (χ2n) is 4.80. The summed E-state index contributed by atoms with van der Waals surface area (Å²) in [6.07, 6.45) is 4.86. The zero-order chi connectivity index (χ0) is 14.3. The molecular formula is C12H22N2O4S. The fraction of sp³-hybridized carbons (Fsp3) is 0.833. The minimum Gasteiger partial charge on any atom is -0.480 e. The molecule has 0 radical (unpaired) electrons. The van der Waals surface area contributed by atoms with Crippen molar-refractivity contribution in [2.24, 2.45) is 0 Å². The van der Waals surface area contributed by atoms with Crippen molar-refractivity contribution in [3.63, 3.8) is 0 Å². The molecule has 110 valence electrons. The Bertz CT molecular complexity index is 306. The summed E-state index contributed by atoms with van der Waals surface area (Å²) in [6, 6.07) is -1.25. The number of hydrogen-bond acceptors (Lipinski definition) is 4. The lowest BCUT2D eigenvalue weighted by Crippen LogP contribution is -2.50. The van der Waals surface area contributed by atoms with Crippen LogP contribution in [0.5, 0.6) is 0 Å². The topological polar surface area (TPSA) is 98.7 Å². The van der Waals surface area contributed by atoms with Gasteiger partial charge in [-0.2, -0.15) is 11.8 Å². The number of amides is 2. The summed E-state index contributed by atoms with van der Waals surface area (Å²) in [5.74, 6) is -0.323. The van der Waals surface area contributed by atoms with Crippen LogP contribution in [0.3, 0.4) is 0 Å². The minimum absolute atomic E-state index is 0.0263. The predicted molar refractivity (Wildman–Crippen MR) is 74.4 cm³/mol. The van der Waals surface area contributed by atoms with Crippen LogP contribution in [0.25, 0.3) is 0 Å². The molecule has 1 rings (SSSR count). The van der Waals surface area contributed by atoms with E-state index in [1.807, 2.05) is 6.26 Å². The monoisotopic (exact) mass is 290 g/mol. The number of thioether (sulfide) groups is 1. The Labute approximate surface area is 117 Å². The molecule has 0 bridgehead atoms. The molecule has 0 aromatic carbocycles. The van der Waals surface area contributed by atoms with Gasteiger partial charge in [-0.15, -0.1) is 0 Å². The number of urea groups is 1. The van der Waals surface area contributed by atoms with Gasteiger partial charge in [0.1, 0.15) is 6.04 Å². The highest BCUT2D eigenvalue weighted by Crippen LogP contribution is 2.18. The summed E-state index contributed by atoms with van der Waals surface area (Å²) < 4.78 is 0. The van der Waals surface area contributed by atoms with Gasteiger partial charge in [-0.05, 0) is 44.1 Å². The van der Waals surface area contributed by atoms with Gasteiger partial charge in [0, 0.05) is 6.04 Å². The van der Waals surface area contributed by atoms with Crippen LogP contribution in [0.4, 0.5) is 4.79 Å². The van der Waals surface area contributed by atoms with Crippen LogP contribution in [0.15, 0.2) is 0 Å². The van der Waals surface area contributed by atoms with Crippen molar-refractivity contribution >= 4 is 23.8 Å². The Kier molecular flexibility index (Phi) is 7.01. The minimum atomic E-state index is -1.01. The molecule has 0 aliphatic heterocycles. The van der Waals surface area contributed by atoms with Crippen LogP contribution < -0.4 is 10.6 Å². The molecule has 7 heteroatoms. The third-order valence-electron chi connectivity index (χ3n) is 3.25. The number of hydrogen-bond donors (Lipinski definition) is 4. The average molecular weight is 290 g/mol. The lowest BCUT2D eigenvalue weighted by molar-refractivity contribution is -0.139. The van der Waals surface area contributed by atoms with Gasteiger partial charge in [-0.1, -0.05) is 0 Å². The Balaban J connectivity index is 2.33. The second-order valence-corrected chi connectivity index (χ2v) is 5.78. The molecule has 2 amide bonds. The summed E-state index contributed by atoms with van der Waals surface area (Å²) in [4.78, 5) is 22.7. The molecule has 1 aliphatic carbocycles. The largest absolute Gasteiger partial charge is 0.480 e. The van der Waals surface area contributed by atoms with Crippen molar-refractivity contribution in [3.05, 3.63) is 0 Å². The van der Waals surface area contributed by atoms with E-state index < -0.39 is 18.0 Å². The van der Waals surface area contributed by atoms with E-state index in [0.717, 1.165) is 12.8 Å². The van der Waals surface area contributed by atoms with Crippen molar-refractivity contribution in [2.45, 2.75) is 50.3 Å². The molecule has 0 heterocycles. The fourth-order valence-electron chi connectivity index (χ4n) is 2.10. The first-order valence-corrected chi connectivity index (χ1v) is 7.89. The molecule has 0 aromatic heterocycles. The molecule has 1 saturated carbocycles. The maximum Gasteiger partial charge on any atom is 0.326 e. The van der Waals surface area contributed by atoms with Crippen LogP contribution in [0, 0.1) is 0 Å². The van der Waals surface area contributed by atoms with Crippen molar-refractivity contribution in [1.29, 1.82) is 0 Å². The Morgan fingerprint density at radius 3 is 2.47 bits per heavy atom. The number of carbonyl (C=O) groups is 2. The molecule has 4 N–H and O–H groups in total. The Hall–Kier alpha value is -0.950. The Morgan fingerprint density at radius 1 is 1.32 bits per heavy atom. The number of rotatable bonds is 6. The first-order chi connectivity index (χ1) is 9.02. The zero-order valence-electron chi connectivity index (χ0n) is 11.1. The van der Waals surface area contributed by atoms with Gasteiger partial charge in [-0.25, -0.2) is 9.59 Å². The quantitative estimate of drug-likeness (QED) is 0.580. The first kappa shape index (κ1) is 16.1. The number of carboxylic acids is 1. The summed E-state index contributed by atoms with van der Waals surface area (Å²) >= 11 is 1.55. The van der Waals surface area contributed by atoms with Crippen LogP contribution >= 0.6 is 11.8 Å².